The Morgan fingerprint density at radius 1 is 1.35 bits per heavy atom. The maximum Gasteiger partial charge on any atom is 0.311 e. The predicted molar refractivity (Wildman–Crippen MR) is 95.5 cm³/mol. The number of ether oxygens (including phenoxy) is 3. The lowest BCUT2D eigenvalue weighted by Gasteiger charge is -2.27. The molecular formula is C17H26N2O6Si. The lowest BCUT2D eigenvalue weighted by Crippen LogP contribution is -2.43. The normalized spacial score (nSPS) is 27.6. The second-order valence-corrected chi connectivity index (χ2v) is 13.2. The van der Waals surface area contributed by atoms with Gasteiger partial charge in [-0.15, -0.1) is 0 Å². The monoisotopic (exact) mass is 382 g/mol. The molecule has 3 rings (SSSR count). The first-order chi connectivity index (χ1) is 12.0. The molecule has 1 aromatic heterocycles. The van der Waals surface area contributed by atoms with E-state index < -0.39 is 43.8 Å². The van der Waals surface area contributed by atoms with Gasteiger partial charge in [0, 0.05) is 12.3 Å². The molecule has 1 fully saturated rings. The Bertz CT molecular complexity index is 751. The van der Waals surface area contributed by atoms with Gasteiger partial charge in [0.15, 0.2) is 26.8 Å². The zero-order chi connectivity index (χ0) is 19.3. The Balaban J connectivity index is 1.84. The molecule has 0 saturated carbocycles. The van der Waals surface area contributed by atoms with Gasteiger partial charge in [-0.2, -0.15) is 4.98 Å². The molecule has 0 amide bonds. The maximum absolute atomic E-state index is 12.4. The third-order valence-electron chi connectivity index (χ3n) is 4.14. The number of fused-ring (bicyclic) bond motifs is 3. The Kier molecular flexibility index (Phi) is 4.74. The second-order valence-electron chi connectivity index (χ2n) is 8.65. The number of rotatable bonds is 4. The minimum absolute atomic E-state index is 0.175. The Hall–Kier alpha value is -1.71. The number of esters is 1. The van der Waals surface area contributed by atoms with Gasteiger partial charge in [0.25, 0.3) is 5.56 Å². The van der Waals surface area contributed by atoms with Gasteiger partial charge < -0.3 is 18.6 Å². The second kappa shape index (κ2) is 6.47. The van der Waals surface area contributed by atoms with E-state index in [0.29, 0.717) is 6.61 Å². The van der Waals surface area contributed by atoms with E-state index in [1.54, 1.807) is 31.5 Å². The molecule has 144 valence electrons. The first-order valence-electron chi connectivity index (χ1n) is 8.72. The van der Waals surface area contributed by atoms with Crippen molar-refractivity contribution in [2.75, 3.05) is 6.61 Å². The summed E-state index contributed by atoms with van der Waals surface area (Å²) < 4.78 is 25.3. The molecule has 0 bridgehead atoms. The minimum Gasteiger partial charge on any atom is -0.455 e. The van der Waals surface area contributed by atoms with Gasteiger partial charge in [0.2, 0.25) is 0 Å². The summed E-state index contributed by atoms with van der Waals surface area (Å²) in [6, 6.07) is 1.52. The van der Waals surface area contributed by atoms with Crippen molar-refractivity contribution in [2.24, 2.45) is 5.41 Å². The molecular weight excluding hydrogens is 356 g/mol. The van der Waals surface area contributed by atoms with Crippen LogP contribution in [-0.2, 0) is 18.7 Å². The quantitative estimate of drug-likeness (QED) is 0.578. The van der Waals surface area contributed by atoms with Crippen LogP contribution in [0, 0.1) is 5.41 Å². The number of carbonyl (C=O) groups excluding carboxylic acids is 1. The molecule has 4 atom stereocenters. The van der Waals surface area contributed by atoms with Gasteiger partial charge in [-0.05, 0) is 40.4 Å². The summed E-state index contributed by atoms with van der Waals surface area (Å²) in [5.74, 6) is -0.341. The van der Waals surface area contributed by atoms with Crippen LogP contribution in [-0.4, -0.2) is 48.8 Å². The third-order valence-corrected chi connectivity index (χ3v) is 5.17. The van der Waals surface area contributed by atoms with Crippen molar-refractivity contribution in [2.45, 2.75) is 65.0 Å². The van der Waals surface area contributed by atoms with Gasteiger partial charge in [-0.25, -0.2) is 0 Å². The van der Waals surface area contributed by atoms with Crippen molar-refractivity contribution in [3.05, 3.63) is 22.6 Å². The topological polar surface area (TPSA) is 88.9 Å². The van der Waals surface area contributed by atoms with Crippen LogP contribution < -0.4 is 10.3 Å². The lowest BCUT2D eigenvalue weighted by molar-refractivity contribution is -0.165. The van der Waals surface area contributed by atoms with Crippen LogP contribution in [0.2, 0.25) is 19.6 Å². The molecule has 4 unspecified atom stereocenters. The number of carbonyl (C=O) groups is 1. The van der Waals surface area contributed by atoms with E-state index in [0.717, 1.165) is 0 Å². The fourth-order valence-electron chi connectivity index (χ4n) is 2.77. The fourth-order valence-corrected chi connectivity index (χ4v) is 3.43. The molecule has 8 nitrogen and oxygen atoms in total. The first-order valence-corrected chi connectivity index (χ1v) is 12.1. The van der Waals surface area contributed by atoms with Gasteiger partial charge >= 0.3 is 12.0 Å². The summed E-state index contributed by atoms with van der Waals surface area (Å²) in [5.41, 5.74) is -1.04. The zero-order valence-electron chi connectivity index (χ0n) is 16.0. The van der Waals surface area contributed by atoms with Crippen LogP contribution in [0.3, 0.4) is 0 Å². The molecule has 0 spiro atoms. The summed E-state index contributed by atoms with van der Waals surface area (Å²) >= 11 is 0. The molecule has 2 aliphatic rings. The maximum atomic E-state index is 12.4. The minimum atomic E-state index is -1.77. The third kappa shape index (κ3) is 3.84. The highest BCUT2D eigenvalue weighted by molar-refractivity contribution is 6.69. The van der Waals surface area contributed by atoms with Crippen LogP contribution >= 0.6 is 0 Å². The molecule has 0 radical (unpaired) electrons. The Morgan fingerprint density at radius 2 is 2.04 bits per heavy atom. The highest BCUT2D eigenvalue weighted by Gasteiger charge is 2.54. The van der Waals surface area contributed by atoms with Crippen molar-refractivity contribution in [1.82, 2.24) is 9.55 Å². The highest BCUT2D eigenvalue weighted by Crippen LogP contribution is 2.41. The van der Waals surface area contributed by atoms with Gasteiger partial charge in [0.1, 0.15) is 6.10 Å². The van der Waals surface area contributed by atoms with Gasteiger partial charge in [-0.1, -0.05) is 0 Å². The van der Waals surface area contributed by atoms with E-state index in [1.165, 1.54) is 6.07 Å². The number of hydrogen-bond donors (Lipinski definition) is 0. The predicted octanol–water partition coefficient (Wildman–Crippen LogP) is 1.71. The van der Waals surface area contributed by atoms with Crippen LogP contribution in [0.15, 0.2) is 17.1 Å². The molecule has 26 heavy (non-hydrogen) atoms. The molecule has 0 aromatic carbocycles. The Labute approximate surface area is 153 Å². The van der Waals surface area contributed by atoms with Crippen LogP contribution in [0.4, 0.5) is 0 Å². The number of hydrogen-bond acceptors (Lipinski definition) is 7. The van der Waals surface area contributed by atoms with Crippen molar-refractivity contribution in [3.63, 3.8) is 0 Å². The standard InChI is InChI=1S/C17H26N2O6Si/c1-17(2,3)15(21)24-12-10(9-22-26(4,5)6)23-14-13(12)25-16-18-11(20)7-8-19(14)16/h7-8,10,12-14H,9H2,1-6H3. The van der Waals surface area contributed by atoms with E-state index in [4.69, 9.17) is 18.6 Å². The van der Waals surface area contributed by atoms with Gasteiger partial charge in [-0.3, -0.25) is 14.2 Å². The Morgan fingerprint density at radius 3 is 2.65 bits per heavy atom. The molecule has 9 heteroatoms. The van der Waals surface area contributed by atoms with E-state index >= 15 is 0 Å². The molecule has 3 heterocycles. The average molecular weight is 382 g/mol. The summed E-state index contributed by atoms with van der Waals surface area (Å²) in [6.45, 7) is 11.9. The summed E-state index contributed by atoms with van der Waals surface area (Å²) in [5, 5.41) is 0. The average Bonchev–Trinajstić information content (AvgIpc) is 2.99. The van der Waals surface area contributed by atoms with Crippen molar-refractivity contribution in [3.8, 4) is 6.01 Å². The van der Waals surface area contributed by atoms with Crippen LogP contribution in [0.25, 0.3) is 0 Å². The van der Waals surface area contributed by atoms with E-state index in [2.05, 4.69) is 24.6 Å². The lowest BCUT2D eigenvalue weighted by atomic mass is 9.97. The zero-order valence-corrected chi connectivity index (χ0v) is 17.0. The highest BCUT2D eigenvalue weighted by atomic mass is 28.4. The smallest absolute Gasteiger partial charge is 0.311 e. The van der Waals surface area contributed by atoms with Gasteiger partial charge in [0.05, 0.1) is 12.0 Å². The fraction of sp³-hybridized carbons (Fsp3) is 0.706. The summed E-state index contributed by atoms with van der Waals surface area (Å²) in [6.07, 6.45) is -0.577. The molecule has 2 aliphatic heterocycles. The molecule has 0 N–H and O–H groups in total. The van der Waals surface area contributed by atoms with E-state index in [-0.39, 0.29) is 12.0 Å². The summed E-state index contributed by atoms with van der Waals surface area (Å²) in [4.78, 5) is 27.8. The number of aromatic nitrogens is 2. The van der Waals surface area contributed by atoms with E-state index in [9.17, 15) is 9.59 Å². The van der Waals surface area contributed by atoms with Crippen LogP contribution in [0.1, 0.15) is 27.0 Å². The summed E-state index contributed by atoms with van der Waals surface area (Å²) in [7, 11) is -1.77. The van der Waals surface area contributed by atoms with Crippen molar-refractivity contribution in [1.29, 1.82) is 0 Å². The molecule has 1 aromatic rings. The molecule has 0 aliphatic carbocycles. The van der Waals surface area contributed by atoms with Crippen molar-refractivity contribution < 1.29 is 23.4 Å². The van der Waals surface area contributed by atoms with Crippen LogP contribution in [0.5, 0.6) is 6.01 Å². The number of nitrogens with zero attached hydrogens (tertiary/aromatic N) is 2. The SMILES string of the molecule is CC(C)(C)C(=O)OC1C(CO[Si](C)(C)C)OC2C1Oc1nc(=O)ccn12. The molecule has 1 saturated heterocycles. The van der Waals surface area contributed by atoms with E-state index in [1.807, 2.05) is 0 Å². The first kappa shape index (κ1) is 19.1. The van der Waals surface area contributed by atoms with Crippen molar-refractivity contribution >= 4 is 14.3 Å². The largest absolute Gasteiger partial charge is 0.455 e.